The molecule has 0 aliphatic carbocycles. The number of carbonyl (C=O) groups is 3. The molecule has 13 heteroatoms. The molecule has 1 fully saturated rings. The number of piperidine rings is 1. The minimum atomic E-state index is -4.52. The number of rotatable bonds is 10. The van der Waals surface area contributed by atoms with Crippen LogP contribution in [0.5, 0.6) is 0 Å². The normalized spacial score (nSPS) is 14.6. The number of likely N-dealkylation sites (tertiary alicyclic amines) is 1. The van der Waals surface area contributed by atoms with Gasteiger partial charge in [0.2, 0.25) is 5.91 Å². The fourth-order valence-corrected chi connectivity index (χ4v) is 4.02. The van der Waals surface area contributed by atoms with Crippen LogP contribution in [-0.4, -0.2) is 70.1 Å². The van der Waals surface area contributed by atoms with Crippen LogP contribution in [-0.2, 0) is 11.2 Å². The lowest BCUT2D eigenvalue weighted by Gasteiger charge is -2.30. The summed E-state index contributed by atoms with van der Waals surface area (Å²) in [6.45, 7) is -1.19. The molecule has 1 aromatic heterocycles. The summed E-state index contributed by atoms with van der Waals surface area (Å²) in [7, 11) is 0. The first-order valence-corrected chi connectivity index (χ1v) is 11.6. The molecule has 9 nitrogen and oxygen atoms in total. The van der Waals surface area contributed by atoms with Crippen molar-refractivity contribution in [3.8, 4) is 5.69 Å². The summed E-state index contributed by atoms with van der Waals surface area (Å²) >= 11 is 0. The number of benzene rings is 1. The molecule has 0 saturated carbocycles. The Hall–Kier alpha value is -3.51. The molecule has 3 rings (SSSR count). The first kappa shape index (κ1) is 27.1. The molecule has 1 aromatic carbocycles. The summed E-state index contributed by atoms with van der Waals surface area (Å²) in [5.41, 5.74) is 6.50. The van der Waals surface area contributed by atoms with E-state index in [1.807, 2.05) is 0 Å². The average Bonchev–Trinajstić information content (AvgIpc) is 3.28. The van der Waals surface area contributed by atoms with Crippen molar-refractivity contribution in [3.05, 3.63) is 41.2 Å². The largest absolute Gasteiger partial charge is 0.405 e. The highest BCUT2D eigenvalue weighted by atomic mass is 19.4. The minimum absolute atomic E-state index is 0.0289. The Balaban J connectivity index is 1.80. The van der Waals surface area contributed by atoms with Gasteiger partial charge < -0.3 is 16.0 Å². The highest BCUT2D eigenvalue weighted by Crippen LogP contribution is 2.22. The molecule has 3 amide bonds. The molecule has 0 unspecified atom stereocenters. The third-order valence-electron chi connectivity index (χ3n) is 6.02. The number of nitrogens with zero attached hydrogens (tertiary/aromatic N) is 4. The predicted octanol–water partition coefficient (Wildman–Crippen LogP) is 2.58. The Morgan fingerprint density at radius 2 is 1.72 bits per heavy atom. The van der Waals surface area contributed by atoms with E-state index in [1.54, 1.807) is 10.2 Å². The third kappa shape index (κ3) is 7.01. The lowest BCUT2D eigenvalue weighted by Crippen LogP contribution is -2.42. The van der Waals surface area contributed by atoms with Crippen molar-refractivity contribution >= 4 is 17.7 Å². The van der Waals surface area contributed by atoms with Crippen molar-refractivity contribution in [1.82, 2.24) is 25.2 Å². The first-order chi connectivity index (χ1) is 17.1. The van der Waals surface area contributed by atoms with Gasteiger partial charge in [-0.05, 0) is 56.4 Å². The maximum Gasteiger partial charge on any atom is 0.405 e. The van der Waals surface area contributed by atoms with Gasteiger partial charge >= 0.3 is 6.18 Å². The predicted molar refractivity (Wildman–Crippen MR) is 121 cm³/mol. The van der Waals surface area contributed by atoms with Crippen molar-refractivity contribution in [2.24, 2.45) is 11.7 Å². The van der Waals surface area contributed by atoms with E-state index in [-0.39, 0.29) is 23.1 Å². The Morgan fingerprint density at radius 1 is 1.06 bits per heavy atom. The standard InChI is InChI=1S/C23H28F4N6O3/c24-11-3-1-2-4-18-19(22(36)32-12-9-15(10-13-32)20(28)34)30-31-33(18)17-7-5-16(6-8-17)21(35)29-14-23(25,26)27/h5-8,15H,1-4,9-14H2,(H2,28,34)(H,29,35). The van der Waals surface area contributed by atoms with Crippen LogP contribution in [0.25, 0.3) is 5.69 Å². The average molecular weight is 513 g/mol. The van der Waals surface area contributed by atoms with Gasteiger partial charge in [0.15, 0.2) is 5.69 Å². The van der Waals surface area contributed by atoms with Gasteiger partial charge in [-0.15, -0.1) is 5.10 Å². The highest BCUT2D eigenvalue weighted by Gasteiger charge is 2.30. The first-order valence-electron chi connectivity index (χ1n) is 11.6. The van der Waals surface area contributed by atoms with Crippen LogP contribution in [0, 0.1) is 5.92 Å². The van der Waals surface area contributed by atoms with Crippen LogP contribution >= 0.6 is 0 Å². The van der Waals surface area contributed by atoms with Crippen LogP contribution in [0.1, 0.15) is 58.6 Å². The summed E-state index contributed by atoms with van der Waals surface area (Å²) in [6.07, 6.45) is -1.66. The Bertz CT molecular complexity index is 1060. The van der Waals surface area contributed by atoms with Crippen molar-refractivity contribution in [2.45, 2.75) is 44.7 Å². The summed E-state index contributed by atoms with van der Waals surface area (Å²) in [5, 5.41) is 10.0. The molecule has 0 radical (unpaired) electrons. The molecule has 0 bridgehead atoms. The number of amides is 3. The second-order valence-electron chi connectivity index (χ2n) is 8.61. The molecule has 36 heavy (non-hydrogen) atoms. The van der Waals surface area contributed by atoms with Gasteiger partial charge in [-0.1, -0.05) is 11.6 Å². The molecule has 3 N–H and O–H groups in total. The number of nitrogens with one attached hydrogen (secondary N) is 1. The highest BCUT2D eigenvalue weighted by molar-refractivity contribution is 5.95. The molecule has 1 saturated heterocycles. The van der Waals surface area contributed by atoms with Crippen LogP contribution in [0.4, 0.5) is 17.6 Å². The van der Waals surface area contributed by atoms with Gasteiger partial charge in [-0.2, -0.15) is 13.2 Å². The van der Waals surface area contributed by atoms with Gasteiger partial charge in [0.25, 0.3) is 11.8 Å². The zero-order valence-corrected chi connectivity index (χ0v) is 19.6. The number of unbranched alkanes of at least 4 members (excludes halogenated alkanes) is 2. The number of hydrogen-bond donors (Lipinski definition) is 2. The molecule has 2 heterocycles. The quantitative estimate of drug-likeness (QED) is 0.374. The molecular formula is C23H28F4N6O3. The molecule has 1 aliphatic heterocycles. The van der Waals surface area contributed by atoms with Gasteiger partial charge in [-0.25, -0.2) is 4.68 Å². The molecule has 196 valence electrons. The minimum Gasteiger partial charge on any atom is -0.369 e. The van der Waals surface area contributed by atoms with Crippen molar-refractivity contribution < 1.29 is 31.9 Å². The Kier molecular flexibility index (Phi) is 8.99. The number of primary amides is 1. The lowest BCUT2D eigenvalue weighted by atomic mass is 9.96. The van der Waals surface area contributed by atoms with E-state index >= 15 is 0 Å². The SMILES string of the molecule is NC(=O)C1CCN(C(=O)c2nnn(-c3ccc(C(=O)NCC(F)(F)F)cc3)c2CCCCCF)CC1. The second-order valence-corrected chi connectivity index (χ2v) is 8.61. The maximum absolute atomic E-state index is 13.2. The Morgan fingerprint density at radius 3 is 2.31 bits per heavy atom. The summed E-state index contributed by atoms with van der Waals surface area (Å²) in [5.74, 6) is -1.89. The summed E-state index contributed by atoms with van der Waals surface area (Å²) < 4.78 is 51.1. The Labute approximate surface area is 205 Å². The van der Waals surface area contributed by atoms with Crippen LogP contribution in [0.15, 0.2) is 24.3 Å². The second kappa shape index (κ2) is 12.0. The molecule has 0 spiro atoms. The van der Waals surface area contributed by atoms with E-state index in [2.05, 4.69) is 10.3 Å². The zero-order valence-electron chi connectivity index (χ0n) is 19.6. The third-order valence-corrected chi connectivity index (χ3v) is 6.02. The molecule has 2 aromatic rings. The van der Waals surface area contributed by atoms with E-state index in [0.717, 1.165) is 0 Å². The van der Waals surface area contributed by atoms with E-state index in [0.29, 0.717) is 63.0 Å². The van der Waals surface area contributed by atoms with E-state index < -0.39 is 31.2 Å². The number of alkyl halides is 4. The smallest absolute Gasteiger partial charge is 0.369 e. The van der Waals surface area contributed by atoms with E-state index in [4.69, 9.17) is 5.73 Å². The summed E-state index contributed by atoms with van der Waals surface area (Å²) in [6, 6.07) is 5.70. The van der Waals surface area contributed by atoms with E-state index in [9.17, 15) is 31.9 Å². The van der Waals surface area contributed by atoms with Gasteiger partial charge in [0, 0.05) is 24.6 Å². The maximum atomic E-state index is 13.2. The fourth-order valence-electron chi connectivity index (χ4n) is 4.02. The number of halogens is 4. The number of nitrogens with two attached hydrogens (primary N) is 1. The monoisotopic (exact) mass is 512 g/mol. The lowest BCUT2D eigenvalue weighted by molar-refractivity contribution is -0.123. The van der Waals surface area contributed by atoms with Gasteiger partial charge in [-0.3, -0.25) is 18.8 Å². The van der Waals surface area contributed by atoms with Gasteiger partial charge in [0.05, 0.1) is 18.1 Å². The van der Waals surface area contributed by atoms with Crippen molar-refractivity contribution in [3.63, 3.8) is 0 Å². The van der Waals surface area contributed by atoms with Gasteiger partial charge in [0.1, 0.15) is 6.54 Å². The molecular weight excluding hydrogens is 484 g/mol. The summed E-state index contributed by atoms with van der Waals surface area (Å²) in [4.78, 5) is 38.2. The van der Waals surface area contributed by atoms with Crippen LogP contribution in [0.3, 0.4) is 0 Å². The zero-order chi connectivity index (χ0) is 26.3. The van der Waals surface area contributed by atoms with Crippen molar-refractivity contribution in [1.29, 1.82) is 0 Å². The van der Waals surface area contributed by atoms with E-state index in [1.165, 1.54) is 28.9 Å². The van der Waals surface area contributed by atoms with Crippen LogP contribution in [0.2, 0.25) is 0 Å². The van der Waals surface area contributed by atoms with Crippen molar-refractivity contribution in [2.75, 3.05) is 26.3 Å². The van der Waals surface area contributed by atoms with Crippen LogP contribution < -0.4 is 11.1 Å². The number of aromatic nitrogens is 3. The number of carbonyl (C=O) groups excluding carboxylic acids is 3. The molecule has 1 aliphatic rings. The fraction of sp³-hybridized carbons (Fsp3) is 0.522. The molecule has 0 atom stereocenters. The number of hydrogen-bond acceptors (Lipinski definition) is 5. The topological polar surface area (TPSA) is 123 Å².